The first-order chi connectivity index (χ1) is 13.0. The molecule has 1 aromatic rings. The normalized spacial score (nSPS) is 20.5. The summed E-state index contributed by atoms with van der Waals surface area (Å²) < 4.78 is 13.7. The molecule has 1 fully saturated rings. The Bertz CT molecular complexity index is 696. The van der Waals surface area contributed by atoms with Gasteiger partial charge in [0.15, 0.2) is 8.32 Å². The molecule has 1 aromatic heterocycles. The van der Waals surface area contributed by atoms with Crippen molar-refractivity contribution in [2.24, 2.45) is 7.05 Å². The lowest BCUT2D eigenvalue weighted by Gasteiger charge is -2.38. The van der Waals surface area contributed by atoms with E-state index in [1.54, 1.807) is 21.9 Å². The fourth-order valence-electron chi connectivity index (χ4n) is 3.31. The summed E-state index contributed by atoms with van der Waals surface area (Å²) in [6, 6.07) is -0.0622. The van der Waals surface area contributed by atoms with E-state index in [1.807, 2.05) is 7.05 Å². The number of ether oxygens (including phenoxy) is 1. The second-order valence-corrected chi connectivity index (χ2v) is 13.8. The van der Waals surface area contributed by atoms with Crippen molar-refractivity contribution in [2.45, 2.75) is 70.5 Å². The first-order valence-electron chi connectivity index (χ1n) is 9.83. The molecule has 28 heavy (non-hydrogen) atoms. The molecular formula is C20H35N3O4Si. The van der Waals surface area contributed by atoms with Crippen molar-refractivity contribution in [2.75, 3.05) is 13.2 Å². The highest BCUT2D eigenvalue weighted by molar-refractivity contribution is 6.74. The molecule has 2 rings (SSSR count). The summed E-state index contributed by atoms with van der Waals surface area (Å²) in [5, 5.41) is 13.9. The number of carbonyl (C=O) groups excluding carboxylic acids is 1. The molecule has 0 aliphatic carbocycles. The lowest BCUT2D eigenvalue weighted by molar-refractivity contribution is 0.103. The number of aliphatic hydroxyl groups is 1. The van der Waals surface area contributed by atoms with Crippen LogP contribution in [0.1, 0.15) is 38.4 Å². The summed E-state index contributed by atoms with van der Waals surface area (Å²) in [6.07, 6.45) is 4.22. The molecule has 1 amide bonds. The van der Waals surface area contributed by atoms with Gasteiger partial charge in [-0.1, -0.05) is 33.4 Å². The minimum atomic E-state index is -1.95. The highest BCUT2D eigenvalue weighted by Crippen LogP contribution is 2.39. The van der Waals surface area contributed by atoms with Gasteiger partial charge in [0.1, 0.15) is 6.61 Å². The van der Waals surface area contributed by atoms with Crippen molar-refractivity contribution < 1.29 is 19.1 Å². The van der Waals surface area contributed by atoms with Gasteiger partial charge in [-0.15, -0.1) is 0 Å². The molecular weight excluding hydrogens is 374 g/mol. The van der Waals surface area contributed by atoms with Gasteiger partial charge in [-0.3, -0.25) is 4.68 Å². The number of nitrogens with zero attached hydrogens (tertiary/aromatic N) is 3. The van der Waals surface area contributed by atoms with Gasteiger partial charge in [-0.05, 0) is 24.6 Å². The van der Waals surface area contributed by atoms with Gasteiger partial charge in [-0.25, -0.2) is 4.79 Å². The molecule has 2 atom stereocenters. The van der Waals surface area contributed by atoms with Crippen molar-refractivity contribution in [3.63, 3.8) is 0 Å². The van der Waals surface area contributed by atoms with Crippen LogP contribution < -0.4 is 0 Å². The molecule has 1 N–H and O–H groups in total. The molecule has 0 aromatic carbocycles. The number of aromatic nitrogens is 2. The Kier molecular flexibility index (Phi) is 7.11. The largest absolute Gasteiger partial charge is 0.445 e. The predicted octanol–water partition coefficient (Wildman–Crippen LogP) is 3.24. The minimum absolute atomic E-state index is 0.0204. The van der Waals surface area contributed by atoms with Crippen LogP contribution >= 0.6 is 0 Å². The smallest absolute Gasteiger partial charge is 0.410 e. The zero-order valence-electron chi connectivity index (χ0n) is 18.1. The lowest BCUT2D eigenvalue weighted by Crippen LogP contribution is -2.44. The number of amides is 1. The van der Waals surface area contributed by atoms with Crippen LogP contribution in [-0.4, -0.2) is 59.5 Å². The van der Waals surface area contributed by atoms with Crippen LogP contribution in [-0.2, 0) is 29.2 Å². The maximum atomic E-state index is 12.6. The van der Waals surface area contributed by atoms with Crippen LogP contribution in [0.15, 0.2) is 18.9 Å². The summed E-state index contributed by atoms with van der Waals surface area (Å²) in [5.74, 6) is 0. The molecule has 158 valence electrons. The van der Waals surface area contributed by atoms with E-state index in [4.69, 9.17) is 9.16 Å². The van der Waals surface area contributed by atoms with Gasteiger partial charge in [-0.2, -0.15) is 5.10 Å². The average molecular weight is 410 g/mol. The summed E-state index contributed by atoms with van der Waals surface area (Å²) in [5.41, 5.74) is 1.72. The fourth-order valence-corrected chi connectivity index (χ4v) is 4.67. The monoisotopic (exact) mass is 409 g/mol. The molecule has 0 spiro atoms. The first-order valence-corrected chi connectivity index (χ1v) is 12.7. The number of likely N-dealkylation sites (tertiary alicyclic amines) is 1. The minimum Gasteiger partial charge on any atom is -0.445 e. The quantitative estimate of drug-likeness (QED) is 0.553. The lowest BCUT2D eigenvalue weighted by atomic mass is 10.1. The number of hydrogen-bond acceptors (Lipinski definition) is 5. The van der Waals surface area contributed by atoms with E-state index >= 15 is 0 Å². The van der Waals surface area contributed by atoms with E-state index in [1.165, 1.54) is 0 Å². The van der Waals surface area contributed by atoms with Gasteiger partial charge in [0.2, 0.25) is 0 Å². The summed E-state index contributed by atoms with van der Waals surface area (Å²) in [7, 11) is -0.0949. The Labute approximate surface area is 169 Å². The zero-order valence-corrected chi connectivity index (χ0v) is 19.1. The van der Waals surface area contributed by atoms with Crippen molar-refractivity contribution in [1.29, 1.82) is 0 Å². The van der Waals surface area contributed by atoms with E-state index < -0.39 is 8.32 Å². The number of rotatable bonds is 7. The third kappa shape index (κ3) is 5.04. The van der Waals surface area contributed by atoms with Crippen LogP contribution in [0.5, 0.6) is 0 Å². The summed E-state index contributed by atoms with van der Waals surface area (Å²) in [6.45, 7) is 15.3. The second kappa shape index (κ2) is 8.80. The van der Waals surface area contributed by atoms with Gasteiger partial charge in [0.05, 0.1) is 18.9 Å². The van der Waals surface area contributed by atoms with E-state index in [0.29, 0.717) is 13.0 Å². The molecule has 0 saturated carbocycles. The first kappa shape index (κ1) is 22.6. The molecule has 1 saturated heterocycles. The van der Waals surface area contributed by atoms with E-state index in [9.17, 15) is 9.90 Å². The Morgan fingerprint density at radius 3 is 2.71 bits per heavy atom. The van der Waals surface area contributed by atoms with Crippen LogP contribution in [0.25, 0.3) is 0 Å². The maximum Gasteiger partial charge on any atom is 0.410 e. The number of hydrogen-bond donors (Lipinski definition) is 1. The highest BCUT2D eigenvalue weighted by Gasteiger charge is 2.44. The van der Waals surface area contributed by atoms with E-state index in [2.05, 4.69) is 45.5 Å². The predicted molar refractivity (Wildman–Crippen MR) is 112 cm³/mol. The van der Waals surface area contributed by atoms with Gasteiger partial charge >= 0.3 is 6.09 Å². The third-order valence-electron chi connectivity index (χ3n) is 5.95. The molecule has 0 radical (unpaired) electrons. The van der Waals surface area contributed by atoms with E-state index in [0.717, 1.165) is 17.7 Å². The topological polar surface area (TPSA) is 76.8 Å². The van der Waals surface area contributed by atoms with Gasteiger partial charge < -0.3 is 19.2 Å². The van der Waals surface area contributed by atoms with Gasteiger partial charge in [0, 0.05) is 37.3 Å². The van der Waals surface area contributed by atoms with Crippen LogP contribution in [0.4, 0.5) is 4.79 Å². The zero-order chi connectivity index (χ0) is 21.1. The molecule has 7 nitrogen and oxygen atoms in total. The Morgan fingerprint density at radius 1 is 1.46 bits per heavy atom. The molecule has 1 aliphatic heterocycles. The number of aryl methyl sites for hydroxylation is 1. The van der Waals surface area contributed by atoms with Crippen molar-refractivity contribution in [3.8, 4) is 0 Å². The fraction of sp³-hybridized carbons (Fsp3) is 0.700. The van der Waals surface area contributed by atoms with E-state index in [-0.39, 0.29) is 36.5 Å². The Morgan fingerprint density at radius 2 is 2.14 bits per heavy atom. The van der Waals surface area contributed by atoms with Crippen molar-refractivity contribution in [1.82, 2.24) is 14.7 Å². The van der Waals surface area contributed by atoms with Crippen LogP contribution in [0.3, 0.4) is 0 Å². The summed E-state index contributed by atoms with van der Waals surface area (Å²) in [4.78, 5) is 14.4. The number of carbonyl (C=O) groups is 1. The standard InChI is InChI=1S/C20H35N3O4Si/c1-8-9-26-19(25)23-13-17(27-28(6,7)20(2,3)4)10-16(23)11-18-15(14-24)12-21-22(18)5/h8,12,16-17,24H,1,9-11,13-14H2,2-7H3/t16-,17+/m0/s1. The molecule has 2 heterocycles. The Hall–Kier alpha value is -1.64. The third-order valence-corrected chi connectivity index (χ3v) is 10.5. The van der Waals surface area contributed by atoms with Gasteiger partial charge in [0.25, 0.3) is 0 Å². The maximum absolute atomic E-state index is 12.6. The Balaban J connectivity index is 2.20. The molecule has 1 aliphatic rings. The second-order valence-electron chi connectivity index (χ2n) is 9.01. The average Bonchev–Trinajstić information content (AvgIpc) is 3.15. The van der Waals surface area contributed by atoms with Crippen LogP contribution in [0, 0.1) is 0 Å². The highest BCUT2D eigenvalue weighted by atomic mass is 28.4. The molecule has 0 bridgehead atoms. The van der Waals surface area contributed by atoms with Crippen molar-refractivity contribution >= 4 is 14.4 Å². The number of aliphatic hydroxyl groups excluding tert-OH is 1. The summed E-state index contributed by atoms with van der Waals surface area (Å²) >= 11 is 0. The molecule has 8 heteroatoms. The van der Waals surface area contributed by atoms with Crippen molar-refractivity contribution in [3.05, 3.63) is 30.1 Å². The van der Waals surface area contributed by atoms with Crippen LogP contribution in [0.2, 0.25) is 18.1 Å². The SMILES string of the molecule is C=CCOC(=O)N1C[C@H](O[Si](C)(C)C(C)(C)C)C[C@H]1Cc1c(CO)cnn1C. The molecule has 0 unspecified atom stereocenters.